The van der Waals surface area contributed by atoms with Crippen molar-refractivity contribution in [3.8, 4) is 16.5 Å². The second-order valence-electron chi connectivity index (χ2n) is 4.03. The second kappa shape index (κ2) is 7.55. The summed E-state index contributed by atoms with van der Waals surface area (Å²) in [4.78, 5) is 15.0. The molecule has 0 unspecified atom stereocenters. The molecule has 2 aromatic carbocycles. The van der Waals surface area contributed by atoms with Crippen LogP contribution in [0, 0.1) is 10.7 Å². The van der Waals surface area contributed by atoms with Gasteiger partial charge in [0, 0.05) is 0 Å². The third kappa shape index (κ3) is 4.27. The Kier molecular flexibility index (Phi) is 5.43. The van der Waals surface area contributed by atoms with E-state index in [1.807, 2.05) is 54.6 Å². The van der Waals surface area contributed by atoms with Gasteiger partial charge in [-0.1, -0.05) is 0 Å². The molecule has 0 saturated heterocycles. The molecule has 0 spiro atoms. The summed E-state index contributed by atoms with van der Waals surface area (Å²) in [6, 6.07) is 16.9. The average molecular weight is 329 g/mol. The summed E-state index contributed by atoms with van der Waals surface area (Å²) in [7, 11) is 1.64. The van der Waals surface area contributed by atoms with Gasteiger partial charge in [0.05, 0.1) is 0 Å². The van der Waals surface area contributed by atoms with E-state index in [0.29, 0.717) is 5.32 Å². The van der Waals surface area contributed by atoms with Crippen LogP contribution in [0.2, 0.25) is 5.32 Å². The fourth-order valence-electron chi connectivity index (χ4n) is 1.58. The first-order valence-corrected chi connectivity index (χ1v) is 8.21. The van der Waals surface area contributed by atoms with E-state index < -0.39 is 0 Å². The molecule has 0 aliphatic carbocycles. The second-order valence-corrected chi connectivity index (χ2v) is 5.67. The zero-order chi connectivity index (χ0) is 14.2. The van der Waals surface area contributed by atoms with E-state index in [1.54, 1.807) is 7.11 Å². The van der Waals surface area contributed by atoms with Crippen molar-refractivity contribution in [3.63, 3.8) is 0 Å². The molecule has 20 heavy (non-hydrogen) atoms. The molecule has 0 N–H and O–H groups in total. The van der Waals surface area contributed by atoms with Gasteiger partial charge in [0.1, 0.15) is 0 Å². The Bertz CT molecular complexity index is 622. The van der Waals surface area contributed by atoms with E-state index >= 15 is 0 Å². The number of benzene rings is 2. The van der Waals surface area contributed by atoms with Crippen LogP contribution in [0.3, 0.4) is 0 Å². The van der Waals surface area contributed by atoms with Crippen LogP contribution in [0.15, 0.2) is 54.6 Å². The Morgan fingerprint density at radius 2 is 1.80 bits per heavy atom. The molecule has 0 aromatic heterocycles. The monoisotopic (exact) mass is 330 g/mol. The third-order valence-corrected chi connectivity index (χ3v) is 4.03. The van der Waals surface area contributed by atoms with E-state index in [1.165, 1.54) is 0 Å². The predicted octanol–water partition coefficient (Wildman–Crippen LogP) is 3.01. The number of hydrogen-bond donors (Lipinski definition) is 0. The normalized spacial score (nSPS) is 9.45. The summed E-state index contributed by atoms with van der Waals surface area (Å²) < 4.78 is 5.09. The molecule has 0 amide bonds. The van der Waals surface area contributed by atoms with Crippen LogP contribution in [0.4, 0.5) is 0 Å². The molecule has 0 heterocycles. The number of ether oxygens (including phenoxy) is 1. The van der Waals surface area contributed by atoms with Crippen LogP contribution in [0.5, 0.6) is 5.75 Å². The number of carbonyl (C=O) groups is 1. The summed E-state index contributed by atoms with van der Waals surface area (Å²) in [5, 5.41) is 0.514. The number of methoxy groups -OCH3 is 1. The summed E-state index contributed by atoms with van der Waals surface area (Å²) in [6.07, 6.45) is 0. The molecule has 0 bridgehead atoms. The summed E-state index contributed by atoms with van der Waals surface area (Å²) in [5.74, 6) is 4.05. The van der Waals surface area contributed by atoms with Crippen LogP contribution in [-0.4, -0.2) is 27.8 Å². The Hall–Kier alpha value is -2.01. The number of Topliss-reactive ketones (excluding diaryl/α,β-unsaturated/α-hetero) is 1. The van der Waals surface area contributed by atoms with Crippen LogP contribution < -0.4 is 4.74 Å². The number of rotatable bonds is 4. The van der Waals surface area contributed by atoms with Crippen molar-refractivity contribution < 1.29 is 9.53 Å². The molecule has 0 atom stereocenters. The van der Waals surface area contributed by atoms with Crippen molar-refractivity contribution in [2.24, 2.45) is 0 Å². The fourth-order valence-corrected chi connectivity index (χ4v) is 2.75. The van der Waals surface area contributed by atoms with Crippen LogP contribution >= 0.6 is 0 Å². The van der Waals surface area contributed by atoms with Crippen molar-refractivity contribution in [3.05, 3.63) is 65.7 Å². The average Bonchev–Trinajstić information content (AvgIpc) is 2.53. The van der Waals surface area contributed by atoms with Gasteiger partial charge in [-0.3, -0.25) is 0 Å². The summed E-state index contributed by atoms with van der Waals surface area (Å²) in [6.45, 7) is 0. The number of ketones is 1. The molecule has 100 valence electrons. The van der Waals surface area contributed by atoms with E-state index in [4.69, 9.17) is 4.74 Å². The molecule has 2 rings (SSSR count). The third-order valence-electron chi connectivity index (χ3n) is 2.66. The first-order chi connectivity index (χ1) is 9.79. The molecule has 3 heteroatoms. The van der Waals surface area contributed by atoms with E-state index in [0.717, 1.165) is 16.9 Å². The Labute approximate surface area is 125 Å². The van der Waals surface area contributed by atoms with Crippen molar-refractivity contribution >= 4 is 20.7 Å². The van der Waals surface area contributed by atoms with Gasteiger partial charge in [0.2, 0.25) is 0 Å². The van der Waals surface area contributed by atoms with Crippen LogP contribution in [0.25, 0.3) is 0 Å². The summed E-state index contributed by atoms with van der Waals surface area (Å²) in [5.41, 5.74) is 1.71. The van der Waals surface area contributed by atoms with Gasteiger partial charge in [-0.15, -0.1) is 0 Å². The van der Waals surface area contributed by atoms with Crippen molar-refractivity contribution in [1.82, 2.24) is 0 Å². The molecule has 0 aliphatic heterocycles. The van der Waals surface area contributed by atoms with Gasteiger partial charge in [0.15, 0.2) is 0 Å². The van der Waals surface area contributed by atoms with E-state index in [2.05, 4.69) is 10.7 Å². The van der Waals surface area contributed by atoms with Gasteiger partial charge < -0.3 is 0 Å². The van der Waals surface area contributed by atoms with Crippen molar-refractivity contribution in [2.45, 2.75) is 5.32 Å². The van der Waals surface area contributed by atoms with Crippen LogP contribution in [0.1, 0.15) is 15.9 Å². The van der Waals surface area contributed by atoms with E-state index in [-0.39, 0.29) is 20.7 Å². The molecular formula is C17H14O2Se. The van der Waals surface area contributed by atoms with Gasteiger partial charge in [-0.25, -0.2) is 0 Å². The Balaban J connectivity index is 1.87. The van der Waals surface area contributed by atoms with Crippen LogP contribution in [-0.2, 0) is 0 Å². The SMILES string of the molecule is COc1ccc(C#C[Se]CC(=O)c2ccccc2)cc1. The van der Waals surface area contributed by atoms with Crippen molar-refractivity contribution in [2.75, 3.05) is 7.11 Å². The van der Waals surface area contributed by atoms with Gasteiger partial charge >= 0.3 is 125 Å². The fraction of sp³-hybridized carbons (Fsp3) is 0.118. The predicted molar refractivity (Wildman–Crippen MR) is 81.2 cm³/mol. The van der Waals surface area contributed by atoms with Gasteiger partial charge in [-0.2, -0.15) is 0 Å². The molecule has 0 saturated carbocycles. The molecule has 2 aromatic rings. The molecular weight excluding hydrogens is 315 g/mol. The minimum absolute atomic E-state index is 0.00680. The van der Waals surface area contributed by atoms with Crippen molar-refractivity contribution in [1.29, 1.82) is 0 Å². The standard InChI is InChI=1S/C17H14O2Se/c1-19-16-9-7-14(8-10-16)11-12-20-13-17(18)15-5-3-2-4-6-15/h2-10H,13H2,1H3. The maximum absolute atomic E-state index is 11.9. The number of carbonyl (C=O) groups excluding carboxylic acids is 1. The maximum atomic E-state index is 11.9. The Morgan fingerprint density at radius 1 is 1.10 bits per heavy atom. The summed E-state index contributed by atoms with van der Waals surface area (Å²) >= 11 is 0.00680. The quantitative estimate of drug-likeness (QED) is 0.490. The first-order valence-electron chi connectivity index (χ1n) is 6.14. The van der Waals surface area contributed by atoms with E-state index in [9.17, 15) is 4.79 Å². The minimum atomic E-state index is 0.00680. The molecule has 0 aliphatic rings. The van der Waals surface area contributed by atoms with Gasteiger partial charge in [-0.05, 0) is 0 Å². The molecule has 0 radical (unpaired) electrons. The first kappa shape index (κ1) is 14.4. The Morgan fingerprint density at radius 3 is 2.45 bits per heavy atom. The number of hydrogen-bond acceptors (Lipinski definition) is 2. The topological polar surface area (TPSA) is 26.3 Å². The molecule has 0 fully saturated rings. The zero-order valence-electron chi connectivity index (χ0n) is 11.1. The van der Waals surface area contributed by atoms with Gasteiger partial charge in [0.25, 0.3) is 0 Å². The zero-order valence-corrected chi connectivity index (χ0v) is 12.8. The molecule has 2 nitrogen and oxygen atoms in total.